The number of carbonyl (C=O) groups is 4. The van der Waals surface area contributed by atoms with E-state index in [1.165, 1.54) is 0 Å². The Bertz CT molecular complexity index is 1150. The average molecular weight is 587 g/mol. The highest BCUT2D eigenvalue weighted by Gasteiger charge is 2.59. The number of likely N-dealkylation sites (tertiary alicyclic amines) is 1. The molecule has 4 rings (SSSR count). The Balaban J connectivity index is 1.33. The van der Waals surface area contributed by atoms with Crippen LogP contribution in [-0.2, 0) is 23.9 Å². The number of hydrogen-bond acceptors (Lipinski definition) is 8. The van der Waals surface area contributed by atoms with Crippen molar-refractivity contribution >= 4 is 23.4 Å². The van der Waals surface area contributed by atoms with Gasteiger partial charge in [0.25, 0.3) is 0 Å². The van der Waals surface area contributed by atoms with Gasteiger partial charge in [0.05, 0.1) is 29.6 Å². The van der Waals surface area contributed by atoms with Gasteiger partial charge in [-0.25, -0.2) is 0 Å². The maximum atomic E-state index is 13.3. The van der Waals surface area contributed by atoms with Gasteiger partial charge in [0.2, 0.25) is 5.91 Å². The van der Waals surface area contributed by atoms with Crippen molar-refractivity contribution in [3.05, 3.63) is 23.8 Å². The molecule has 3 N–H and O–H groups in total. The van der Waals surface area contributed by atoms with E-state index in [9.17, 15) is 29.4 Å². The smallest absolute Gasteiger partial charge is 0.309 e. The minimum absolute atomic E-state index is 0.0382. The summed E-state index contributed by atoms with van der Waals surface area (Å²) >= 11 is 0. The molecular formula is C33H50N2O7. The molecule has 1 amide bonds. The van der Waals surface area contributed by atoms with Crippen molar-refractivity contribution in [2.75, 3.05) is 26.7 Å². The van der Waals surface area contributed by atoms with E-state index >= 15 is 0 Å². The van der Waals surface area contributed by atoms with Crippen LogP contribution in [0.25, 0.3) is 0 Å². The number of nitrogens with one attached hydrogen (secondary N) is 1. The number of Topliss-reactive ketones (excluding diaryl/α,β-unsaturated/α-hetero) is 1. The lowest BCUT2D eigenvalue weighted by Crippen LogP contribution is -2.55. The van der Waals surface area contributed by atoms with Gasteiger partial charge < -0.3 is 20.3 Å². The minimum Gasteiger partial charge on any atom is -0.457 e. The molecule has 0 aromatic heterocycles. The van der Waals surface area contributed by atoms with Crippen molar-refractivity contribution in [3.63, 3.8) is 0 Å². The highest BCUT2D eigenvalue weighted by atomic mass is 16.5. The molecule has 4 aliphatic rings. The number of nitrogens with zero attached hydrogens (tertiary/aromatic N) is 1. The predicted octanol–water partition coefficient (Wildman–Crippen LogP) is 2.98. The van der Waals surface area contributed by atoms with Crippen LogP contribution in [0.2, 0.25) is 0 Å². The number of rotatable bonds is 10. The highest BCUT2D eigenvalue weighted by molar-refractivity contribution is 6.01. The standard InChI is InChI=1S/C33H50N2O7/c1-7-21-15-23(36)12-13-32(21,5)25-16-22-10-11-24(33(22,41)17-27(25)37)28(38)18-42-30(40)20(2)31(3,4)19-34-29(39)26-9-8-14-35(26)6/h12-13,15,20,22,24-27,37,41H,7-11,14,16-19H2,1-6H3,(H,34,39). The fraction of sp³-hybridized carbons (Fsp3) is 0.758. The van der Waals surface area contributed by atoms with Gasteiger partial charge in [-0.1, -0.05) is 46.3 Å². The summed E-state index contributed by atoms with van der Waals surface area (Å²) in [5.41, 5.74) is -1.46. The van der Waals surface area contributed by atoms with Crippen LogP contribution in [-0.4, -0.2) is 83.0 Å². The first kappa shape index (κ1) is 32.6. The quantitative estimate of drug-likeness (QED) is 0.333. The van der Waals surface area contributed by atoms with Crippen molar-refractivity contribution < 1.29 is 34.1 Å². The van der Waals surface area contributed by atoms with Crippen LogP contribution in [0.3, 0.4) is 0 Å². The molecule has 3 fully saturated rings. The zero-order valence-corrected chi connectivity index (χ0v) is 26.2. The number of allylic oxidation sites excluding steroid dienone is 4. The fourth-order valence-electron chi connectivity index (χ4n) is 7.90. The van der Waals surface area contributed by atoms with Crippen molar-refractivity contribution in [1.29, 1.82) is 0 Å². The van der Waals surface area contributed by atoms with Gasteiger partial charge in [-0.15, -0.1) is 0 Å². The molecule has 1 aliphatic heterocycles. The average Bonchev–Trinajstić information content (AvgIpc) is 3.52. The molecule has 9 nitrogen and oxygen atoms in total. The summed E-state index contributed by atoms with van der Waals surface area (Å²) in [7, 11) is 1.94. The number of ketones is 2. The van der Waals surface area contributed by atoms with E-state index in [-0.39, 0.29) is 41.8 Å². The number of carbonyl (C=O) groups excluding carboxylic acids is 4. The molecule has 9 heteroatoms. The first-order valence-corrected chi connectivity index (χ1v) is 15.7. The molecule has 8 atom stereocenters. The first-order chi connectivity index (χ1) is 19.6. The van der Waals surface area contributed by atoms with Gasteiger partial charge in [0.15, 0.2) is 11.6 Å². The SMILES string of the molecule is CCC1=CC(=O)C=CC1(C)C1CC2CCC(C(=O)COC(=O)C(C)C(C)(C)CNC(=O)C3CCCN3C)C2(O)CC1O. The third kappa shape index (κ3) is 6.15. The summed E-state index contributed by atoms with van der Waals surface area (Å²) in [6.07, 6.45) is 8.50. The van der Waals surface area contributed by atoms with Gasteiger partial charge in [0, 0.05) is 18.4 Å². The topological polar surface area (TPSA) is 133 Å². The second-order valence-corrected chi connectivity index (χ2v) is 14.1. The molecule has 0 bridgehead atoms. The third-order valence-electron chi connectivity index (χ3n) is 11.2. The molecule has 0 aromatic carbocycles. The second kappa shape index (κ2) is 12.3. The largest absolute Gasteiger partial charge is 0.457 e. The molecule has 8 unspecified atom stereocenters. The summed E-state index contributed by atoms with van der Waals surface area (Å²) in [4.78, 5) is 53.0. The summed E-state index contributed by atoms with van der Waals surface area (Å²) < 4.78 is 5.48. The zero-order valence-electron chi connectivity index (χ0n) is 26.2. The molecular weight excluding hydrogens is 536 g/mol. The van der Waals surface area contributed by atoms with Crippen LogP contribution in [0.5, 0.6) is 0 Å². The van der Waals surface area contributed by atoms with Crippen molar-refractivity contribution in [2.24, 2.45) is 34.5 Å². The maximum Gasteiger partial charge on any atom is 0.309 e. The van der Waals surface area contributed by atoms with E-state index in [1.54, 1.807) is 19.1 Å². The molecule has 0 radical (unpaired) electrons. The normalized spacial score (nSPS) is 35.9. The highest BCUT2D eigenvalue weighted by Crippen LogP contribution is 2.56. The van der Waals surface area contributed by atoms with E-state index in [0.717, 1.165) is 25.0 Å². The Kier molecular flexibility index (Phi) is 9.55. The van der Waals surface area contributed by atoms with Crippen molar-refractivity contribution in [3.8, 4) is 0 Å². The number of fused-ring (bicyclic) bond motifs is 1. The molecule has 3 aliphatic carbocycles. The minimum atomic E-state index is -1.36. The van der Waals surface area contributed by atoms with E-state index in [1.807, 2.05) is 45.7 Å². The van der Waals surface area contributed by atoms with E-state index in [0.29, 0.717) is 32.2 Å². The lowest BCUT2D eigenvalue weighted by atomic mass is 9.57. The van der Waals surface area contributed by atoms with Crippen molar-refractivity contribution in [2.45, 2.75) is 97.3 Å². The van der Waals surface area contributed by atoms with Gasteiger partial charge >= 0.3 is 5.97 Å². The fourth-order valence-corrected chi connectivity index (χ4v) is 7.90. The number of hydrogen-bond donors (Lipinski definition) is 3. The van der Waals surface area contributed by atoms with Crippen LogP contribution in [0.15, 0.2) is 23.8 Å². The van der Waals surface area contributed by atoms with Gasteiger partial charge in [0.1, 0.15) is 6.61 Å². The van der Waals surface area contributed by atoms with E-state index < -0.39 is 46.9 Å². The lowest BCUT2D eigenvalue weighted by Gasteiger charge is -2.50. The van der Waals surface area contributed by atoms with Crippen LogP contribution >= 0.6 is 0 Å². The number of amides is 1. The van der Waals surface area contributed by atoms with Crippen LogP contribution < -0.4 is 5.32 Å². The summed E-state index contributed by atoms with van der Waals surface area (Å²) in [5.74, 6) is -2.56. The van der Waals surface area contributed by atoms with Crippen LogP contribution in [0.4, 0.5) is 0 Å². The Morgan fingerprint density at radius 1 is 1.24 bits per heavy atom. The van der Waals surface area contributed by atoms with Gasteiger partial charge in [-0.2, -0.15) is 0 Å². The lowest BCUT2D eigenvalue weighted by molar-refractivity contribution is -0.163. The molecule has 0 spiro atoms. The Morgan fingerprint density at radius 2 is 1.95 bits per heavy atom. The number of esters is 1. The first-order valence-electron chi connectivity index (χ1n) is 15.7. The summed E-state index contributed by atoms with van der Waals surface area (Å²) in [6.45, 7) is 10.3. The van der Waals surface area contributed by atoms with Crippen molar-refractivity contribution in [1.82, 2.24) is 10.2 Å². The van der Waals surface area contributed by atoms with Crippen LogP contribution in [0.1, 0.15) is 79.6 Å². The monoisotopic (exact) mass is 586 g/mol. The van der Waals surface area contributed by atoms with Crippen LogP contribution in [0, 0.1) is 34.5 Å². The van der Waals surface area contributed by atoms with Gasteiger partial charge in [-0.05, 0) is 81.5 Å². The number of ether oxygens (including phenoxy) is 1. The predicted molar refractivity (Wildman–Crippen MR) is 158 cm³/mol. The molecule has 0 aromatic rings. The zero-order chi connectivity index (χ0) is 31.0. The van der Waals surface area contributed by atoms with Gasteiger partial charge in [-0.3, -0.25) is 24.1 Å². The number of aliphatic hydroxyl groups excluding tert-OH is 1. The van der Waals surface area contributed by atoms with E-state index in [2.05, 4.69) is 5.32 Å². The molecule has 234 valence electrons. The van der Waals surface area contributed by atoms with E-state index in [4.69, 9.17) is 4.74 Å². The molecule has 1 heterocycles. The molecule has 1 saturated heterocycles. The Morgan fingerprint density at radius 3 is 2.60 bits per heavy atom. The Hall–Kier alpha value is -2.36. The Labute approximate surface area is 250 Å². The summed E-state index contributed by atoms with van der Waals surface area (Å²) in [5, 5.41) is 26.0. The molecule has 42 heavy (non-hydrogen) atoms. The second-order valence-electron chi connectivity index (χ2n) is 14.1. The third-order valence-corrected chi connectivity index (χ3v) is 11.2. The summed E-state index contributed by atoms with van der Waals surface area (Å²) in [6, 6.07) is -0.147. The number of aliphatic hydroxyl groups is 2. The number of likely N-dealkylation sites (N-methyl/N-ethyl adjacent to an activating group) is 1. The maximum absolute atomic E-state index is 13.3. The molecule has 2 saturated carbocycles.